The van der Waals surface area contributed by atoms with Crippen LogP contribution in [-0.2, 0) is 6.42 Å². The Kier molecular flexibility index (Phi) is 4.54. The van der Waals surface area contributed by atoms with Gasteiger partial charge >= 0.3 is 0 Å². The van der Waals surface area contributed by atoms with Crippen molar-refractivity contribution in [3.63, 3.8) is 0 Å². The molecule has 1 aromatic rings. The second-order valence-electron chi connectivity index (χ2n) is 4.01. The number of hydrogen-bond donors (Lipinski definition) is 2. The van der Waals surface area contributed by atoms with Gasteiger partial charge < -0.3 is 10.3 Å². The fourth-order valence-corrected chi connectivity index (χ4v) is 3.00. The van der Waals surface area contributed by atoms with Gasteiger partial charge in [0, 0.05) is 30.6 Å². The molecule has 0 aliphatic carbocycles. The average molecular weight is 225 g/mol. The molecule has 1 aliphatic rings. The number of hydrogen-bond acceptors (Lipinski definition) is 3. The number of nitrogens with one attached hydrogen (secondary N) is 2. The highest BCUT2D eigenvalue weighted by Crippen LogP contribution is 2.16. The zero-order valence-electron chi connectivity index (χ0n) is 9.04. The predicted octanol–water partition coefficient (Wildman–Crippen LogP) is 1.83. The molecule has 0 amide bonds. The van der Waals surface area contributed by atoms with Crippen LogP contribution >= 0.6 is 11.8 Å². The van der Waals surface area contributed by atoms with Gasteiger partial charge in [0.15, 0.2) is 0 Å². The maximum atomic E-state index is 4.21. The first kappa shape index (κ1) is 11.0. The normalized spacial score (nSPS) is 21.7. The van der Waals surface area contributed by atoms with Gasteiger partial charge in [-0.25, -0.2) is 4.98 Å². The van der Waals surface area contributed by atoms with Crippen LogP contribution in [-0.4, -0.2) is 34.1 Å². The molecule has 2 N–H and O–H groups in total. The van der Waals surface area contributed by atoms with Gasteiger partial charge in [-0.3, -0.25) is 0 Å². The van der Waals surface area contributed by atoms with Gasteiger partial charge in [0.1, 0.15) is 5.82 Å². The van der Waals surface area contributed by atoms with Crippen LogP contribution in [0.5, 0.6) is 0 Å². The summed E-state index contributed by atoms with van der Waals surface area (Å²) in [6.45, 7) is 1.12. The molecule has 0 aromatic carbocycles. The van der Waals surface area contributed by atoms with E-state index in [-0.39, 0.29) is 0 Å². The third-order valence-electron chi connectivity index (χ3n) is 2.74. The number of aromatic nitrogens is 2. The number of H-pyrrole nitrogens is 1. The minimum atomic E-state index is 0.750. The van der Waals surface area contributed by atoms with E-state index in [1.165, 1.54) is 30.8 Å². The van der Waals surface area contributed by atoms with Crippen molar-refractivity contribution in [1.82, 2.24) is 15.3 Å². The Bertz CT molecular complexity index is 255. The fourth-order valence-electron chi connectivity index (χ4n) is 1.90. The molecule has 2 heterocycles. The third-order valence-corrected chi connectivity index (χ3v) is 3.95. The van der Waals surface area contributed by atoms with Crippen LogP contribution in [0, 0.1) is 0 Å². The van der Waals surface area contributed by atoms with Crippen LogP contribution in [0.15, 0.2) is 12.4 Å². The fraction of sp³-hybridized carbons (Fsp3) is 0.727. The molecule has 0 saturated carbocycles. The number of thioether (sulfide) groups is 1. The van der Waals surface area contributed by atoms with Gasteiger partial charge in [-0.15, -0.1) is 0 Å². The van der Waals surface area contributed by atoms with Gasteiger partial charge in [0.25, 0.3) is 0 Å². The maximum absolute atomic E-state index is 4.21. The summed E-state index contributed by atoms with van der Waals surface area (Å²) < 4.78 is 0. The number of aryl methyl sites for hydroxylation is 1. The first-order chi connectivity index (χ1) is 7.45. The smallest absolute Gasteiger partial charge is 0.106 e. The molecule has 0 bridgehead atoms. The van der Waals surface area contributed by atoms with Crippen LogP contribution in [0.3, 0.4) is 0 Å². The van der Waals surface area contributed by atoms with Crippen molar-refractivity contribution in [1.29, 1.82) is 0 Å². The van der Waals surface area contributed by atoms with Gasteiger partial charge in [-0.05, 0) is 31.6 Å². The van der Waals surface area contributed by atoms with Crippen LogP contribution in [0.4, 0.5) is 0 Å². The summed E-state index contributed by atoms with van der Waals surface area (Å²) in [4.78, 5) is 7.35. The lowest BCUT2D eigenvalue weighted by molar-refractivity contribution is 0.499. The topological polar surface area (TPSA) is 40.7 Å². The van der Waals surface area contributed by atoms with Crippen molar-refractivity contribution < 1.29 is 0 Å². The summed E-state index contributed by atoms with van der Waals surface area (Å²) in [6, 6.07) is 0.750. The molecule has 4 heteroatoms. The van der Waals surface area contributed by atoms with Gasteiger partial charge in [0.05, 0.1) is 0 Å². The zero-order valence-corrected chi connectivity index (χ0v) is 9.85. The van der Waals surface area contributed by atoms with E-state index in [0.29, 0.717) is 0 Å². The Hall–Kier alpha value is -0.480. The van der Waals surface area contributed by atoms with Crippen molar-refractivity contribution in [3.8, 4) is 0 Å². The minimum Gasteiger partial charge on any atom is -0.349 e. The van der Waals surface area contributed by atoms with Crippen LogP contribution < -0.4 is 5.32 Å². The van der Waals surface area contributed by atoms with E-state index >= 15 is 0 Å². The van der Waals surface area contributed by atoms with E-state index < -0.39 is 0 Å². The standard InChI is InChI=1S/C11H19N3S/c1(4-11-13-6-7-14-11)5-12-10-3-2-8-15-9-10/h6-7,10,12H,1-5,8-9H2,(H,13,14). The number of rotatable bonds is 5. The quantitative estimate of drug-likeness (QED) is 0.751. The number of aromatic amines is 1. The molecule has 84 valence electrons. The Labute approximate surface area is 95.4 Å². The Morgan fingerprint density at radius 1 is 1.60 bits per heavy atom. The molecule has 1 aliphatic heterocycles. The van der Waals surface area contributed by atoms with Gasteiger partial charge in [0.2, 0.25) is 0 Å². The molecule has 2 rings (SSSR count). The van der Waals surface area contributed by atoms with E-state index in [9.17, 15) is 0 Å². The molecule has 3 nitrogen and oxygen atoms in total. The van der Waals surface area contributed by atoms with E-state index in [2.05, 4.69) is 27.0 Å². The molecular weight excluding hydrogens is 206 g/mol. The minimum absolute atomic E-state index is 0.750. The lowest BCUT2D eigenvalue weighted by Crippen LogP contribution is -2.34. The van der Waals surface area contributed by atoms with Crippen LogP contribution in [0.2, 0.25) is 0 Å². The zero-order chi connectivity index (χ0) is 10.3. The molecule has 0 radical (unpaired) electrons. The molecular formula is C11H19N3S. The van der Waals surface area contributed by atoms with Crippen molar-refractivity contribution in [2.75, 3.05) is 18.1 Å². The van der Waals surface area contributed by atoms with Gasteiger partial charge in [-0.1, -0.05) is 0 Å². The monoisotopic (exact) mass is 225 g/mol. The van der Waals surface area contributed by atoms with Crippen molar-refractivity contribution >= 4 is 11.8 Å². The molecule has 0 spiro atoms. The molecule has 1 fully saturated rings. The predicted molar refractivity (Wildman–Crippen MR) is 65.3 cm³/mol. The summed E-state index contributed by atoms with van der Waals surface area (Å²) in [7, 11) is 0. The third kappa shape index (κ3) is 3.87. The van der Waals surface area contributed by atoms with Crippen LogP contribution in [0.25, 0.3) is 0 Å². The van der Waals surface area contributed by atoms with E-state index in [1.807, 2.05) is 12.4 Å². The second-order valence-corrected chi connectivity index (χ2v) is 5.16. The Morgan fingerprint density at radius 3 is 3.33 bits per heavy atom. The summed E-state index contributed by atoms with van der Waals surface area (Å²) in [5, 5.41) is 3.62. The summed E-state index contributed by atoms with van der Waals surface area (Å²) in [5.41, 5.74) is 0. The summed E-state index contributed by atoms with van der Waals surface area (Å²) in [6.07, 6.45) is 8.67. The average Bonchev–Trinajstić information content (AvgIpc) is 2.79. The van der Waals surface area contributed by atoms with Crippen LogP contribution in [0.1, 0.15) is 25.1 Å². The van der Waals surface area contributed by atoms with E-state index in [4.69, 9.17) is 0 Å². The highest BCUT2D eigenvalue weighted by Gasteiger charge is 2.11. The SMILES string of the molecule is c1c[nH]c(CCCNC2CCCSC2)n1. The highest BCUT2D eigenvalue weighted by atomic mass is 32.2. The van der Waals surface area contributed by atoms with Crippen molar-refractivity contribution in [2.45, 2.75) is 31.7 Å². The van der Waals surface area contributed by atoms with Crippen molar-refractivity contribution in [3.05, 3.63) is 18.2 Å². The largest absolute Gasteiger partial charge is 0.349 e. The summed E-state index contributed by atoms with van der Waals surface area (Å²) >= 11 is 2.08. The summed E-state index contributed by atoms with van der Waals surface area (Å²) in [5.74, 6) is 3.75. The van der Waals surface area contributed by atoms with E-state index in [1.54, 1.807) is 0 Å². The number of nitrogens with zero attached hydrogens (tertiary/aromatic N) is 1. The molecule has 15 heavy (non-hydrogen) atoms. The molecule has 1 saturated heterocycles. The number of imidazole rings is 1. The molecule has 1 aromatic heterocycles. The first-order valence-electron chi connectivity index (χ1n) is 5.74. The van der Waals surface area contributed by atoms with Gasteiger partial charge in [-0.2, -0.15) is 11.8 Å². The lowest BCUT2D eigenvalue weighted by atomic mass is 10.2. The molecule has 1 atom stereocenters. The second kappa shape index (κ2) is 6.18. The first-order valence-corrected chi connectivity index (χ1v) is 6.90. The molecule has 1 unspecified atom stereocenters. The Balaban J connectivity index is 1.54. The lowest BCUT2D eigenvalue weighted by Gasteiger charge is -2.22. The maximum Gasteiger partial charge on any atom is 0.106 e. The van der Waals surface area contributed by atoms with Crippen molar-refractivity contribution in [2.24, 2.45) is 0 Å². The Morgan fingerprint density at radius 2 is 2.60 bits per heavy atom. The highest BCUT2D eigenvalue weighted by molar-refractivity contribution is 7.99. The van der Waals surface area contributed by atoms with E-state index in [0.717, 1.165) is 24.8 Å².